The van der Waals surface area contributed by atoms with Gasteiger partial charge in [0.15, 0.2) is 0 Å². The van der Waals surface area contributed by atoms with Crippen molar-refractivity contribution < 1.29 is 4.79 Å². The first-order chi connectivity index (χ1) is 7.52. The molecule has 1 aromatic rings. The predicted molar refractivity (Wildman–Crippen MR) is 60.7 cm³/mol. The van der Waals surface area contributed by atoms with E-state index in [4.69, 9.17) is 5.73 Å². The van der Waals surface area contributed by atoms with E-state index in [-0.39, 0.29) is 18.0 Å². The quantitative estimate of drug-likeness (QED) is 0.745. The van der Waals surface area contributed by atoms with Crippen molar-refractivity contribution in [1.82, 2.24) is 14.7 Å². The second-order valence-corrected chi connectivity index (χ2v) is 4.46. The van der Waals surface area contributed by atoms with Crippen molar-refractivity contribution in [2.45, 2.75) is 31.8 Å². The van der Waals surface area contributed by atoms with Crippen molar-refractivity contribution in [2.75, 3.05) is 7.05 Å². The van der Waals surface area contributed by atoms with Gasteiger partial charge in [-0.05, 0) is 13.3 Å². The van der Waals surface area contributed by atoms with Crippen LogP contribution in [0.25, 0.3) is 0 Å². The number of likely N-dealkylation sites (N-methyl/N-ethyl adjacent to an activating group) is 1. The Bertz CT molecular complexity index is 412. The third-order valence-electron chi connectivity index (χ3n) is 3.50. The van der Waals surface area contributed by atoms with Crippen LogP contribution in [0.15, 0.2) is 6.20 Å². The Labute approximate surface area is 95.2 Å². The molecule has 1 saturated heterocycles. The van der Waals surface area contributed by atoms with Crippen molar-refractivity contribution >= 4 is 5.91 Å². The van der Waals surface area contributed by atoms with Crippen LogP contribution in [-0.2, 0) is 11.8 Å². The van der Waals surface area contributed by atoms with E-state index in [9.17, 15) is 4.79 Å². The third kappa shape index (κ3) is 1.61. The van der Waals surface area contributed by atoms with Crippen LogP contribution >= 0.6 is 0 Å². The molecule has 88 valence electrons. The van der Waals surface area contributed by atoms with Crippen LogP contribution in [0.4, 0.5) is 0 Å². The van der Waals surface area contributed by atoms with Crippen molar-refractivity contribution in [3.05, 3.63) is 17.5 Å². The number of aromatic nitrogens is 2. The molecule has 0 saturated carbocycles. The number of piperidine rings is 1. The molecule has 2 N–H and O–H groups in total. The first kappa shape index (κ1) is 11.1. The molecule has 1 aromatic heterocycles. The number of nitrogens with zero attached hydrogens (tertiary/aromatic N) is 3. The Balaban J connectivity index is 2.37. The summed E-state index contributed by atoms with van der Waals surface area (Å²) >= 11 is 0. The van der Waals surface area contributed by atoms with Gasteiger partial charge in [0.1, 0.15) is 0 Å². The average molecular weight is 222 g/mol. The van der Waals surface area contributed by atoms with E-state index in [0.717, 1.165) is 17.7 Å². The lowest BCUT2D eigenvalue weighted by atomic mass is 9.91. The van der Waals surface area contributed by atoms with Gasteiger partial charge >= 0.3 is 0 Å². The van der Waals surface area contributed by atoms with Gasteiger partial charge < -0.3 is 10.6 Å². The lowest BCUT2D eigenvalue weighted by Gasteiger charge is -2.37. The monoisotopic (exact) mass is 222 g/mol. The topological polar surface area (TPSA) is 64.2 Å². The molecule has 5 heteroatoms. The summed E-state index contributed by atoms with van der Waals surface area (Å²) in [6.07, 6.45) is 3.12. The maximum atomic E-state index is 11.7. The van der Waals surface area contributed by atoms with Crippen LogP contribution in [0.1, 0.15) is 30.1 Å². The van der Waals surface area contributed by atoms with Crippen LogP contribution in [0, 0.1) is 6.92 Å². The summed E-state index contributed by atoms with van der Waals surface area (Å²) in [5, 5.41) is 4.21. The van der Waals surface area contributed by atoms with Crippen LogP contribution in [0.3, 0.4) is 0 Å². The molecule has 0 spiro atoms. The minimum Gasteiger partial charge on any atom is -0.337 e. The summed E-state index contributed by atoms with van der Waals surface area (Å²) in [7, 11) is 3.72. The van der Waals surface area contributed by atoms with Gasteiger partial charge in [-0.1, -0.05) is 0 Å². The van der Waals surface area contributed by atoms with Gasteiger partial charge in [-0.3, -0.25) is 9.48 Å². The number of amides is 1. The highest BCUT2D eigenvalue weighted by Gasteiger charge is 2.34. The van der Waals surface area contributed by atoms with Gasteiger partial charge in [0, 0.05) is 37.8 Å². The maximum absolute atomic E-state index is 11.7. The molecule has 0 radical (unpaired) electrons. The SMILES string of the molecule is Cc1c(C2C(N)CCC(=O)N2C)cnn1C. The van der Waals surface area contributed by atoms with E-state index in [2.05, 4.69) is 5.10 Å². The van der Waals surface area contributed by atoms with Crippen LogP contribution in [-0.4, -0.2) is 33.7 Å². The lowest BCUT2D eigenvalue weighted by molar-refractivity contribution is -0.135. The molecule has 5 nitrogen and oxygen atoms in total. The molecule has 2 heterocycles. The van der Waals surface area contributed by atoms with Crippen molar-refractivity contribution in [3.63, 3.8) is 0 Å². The first-order valence-electron chi connectivity index (χ1n) is 5.52. The van der Waals surface area contributed by atoms with E-state index < -0.39 is 0 Å². The Hall–Kier alpha value is -1.36. The van der Waals surface area contributed by atoms with Crippen LogP contribution in [0.2, 0.25) is 0 Å². The van der Waals surface area contributed by atoms with E-state index in [1.165, 1.54) is 0 Å². The number of hydrogen-bond acceptors (Lipinski definition) is 3. The molecule has 1 fully saturated rings. The molecule has 2 unspecified atom stereocenters. The zero-order valence-corrected chi connectivity index (χ0v) is 9.97. The standard InChI is InChI=1S/C11H18N4O/c1-7-8(6-13-15(7)3)11-9(12)4-5-10(16)14(11)2/h6,9,11H,4-5,12H2,1-3H3. The Kier molecular flexibility index (Phi) is 2.71. The molecule has 16 heavy (non-hydrogen) atoms. The number of carbonyl (C=O) groups excluding carboxylic acids is 1. The Morgan fingerprint density at radius 3 is 2.75 bits per heavy atom. The van der Waals surface area contributed by atoms with E-state index in [1.54, 1.807) is 4.90 Å². The molecule has 2 rings (SSSR count). The van der Waals surface area contributed by atoms with Gasteiger partial charge in [0.2, 0.25) is 5.91 Å². The average Bonchev–Trinajstić information content (AvgIpc) is 2.56. The molecular formula is C11H18N4O. The van der Waals surface area contributed by atoms with Crippen LogP contribution < -0.4 is 5.73 Å². The van der Waals surface area contributed by atoms with Crippen molar-refractivity contribution in [3.8, 4) is 0 Å². The zero-order chi connectivity index (χ0) is 11.9. The minimum atomic E-state index is -0.0325. The summed E-state index contributed by atoms with van der Waals surface area (Å²) in [5.74, 6) is 0.162. The van der Waals surface area contributed by atoms with E-state index >= 15 is 0 Å². The molecule has 2 atom stereocenters. The van der Waals surface area contributed by atoms with Gasteiger partial charge in [-0.15, -0.1) is 0 Å². The number of rotatable bonds is 1. The highest BCUT2D eigenvalue weighted by molar-refractivity contribution is 5.77. The van der Waals surface area contributed by atoms with Gasteiger partial charge in [-0.2, -0.15) is 5.10 Å². The Morgan fingerprint density at radius 1 is 1.50 bits per heavy atom. The highest BCUT2D eigenvalue weighted by Crippen LogP contribution is 2.30. The number of likely N-dealkylation sites (tertiary alicyclic amines) is 1. The fourth-order valence-electron chi connectivity index (χ4n) is 2.31. The summed E-state index contributed by atoms with van der Waals surface area (Å²) in [6, 6.07) is -0.0273. The molecule has 1 aliphatic heterocycles. The molecular weight excluding hydrogens is 204 g/mol. The first-order valence-corrected chi connectivity index (χ1v) is 5.52. The fraction of sp³-hybridized carbons (Fsp3) is 0.636. The summed E-state index contributed by atoms with van der Waals surface area (Å²) in [4.78, 5) is 13.4. The smallest absolute Gasteiger partial charge is 0.222 e. The largest absolute Gasteiger partial charge is 0.337 e. The lowest BCUT2D eigenvalue weighted by Crippen LogP contribution is -2.46. The fourth-order valence-corrected chi connectivity index (χ4v) is 2.31. The van der Waals surface area contributed by atoms with Gasteiger partial charge in [0.25, 0.3) is 0 Å². The molecule has 1 amide bonds. The Morgan fingerprint density at radius 2 is 2.19 bits per heavy atom. The van der Waals surface area contributed by atoms with Crippen LogP contribution in [0.5, 0.6) is 0 Å². The second kappa shape index (κ2) is 3.90. The summed E-state index contributed by atoms with van der Waals surface area (Å²) in [6.45, 7) is 2.00. The number of hydrogen-bond donors (Lipinski definition) is 1. The maximum Gasteiger partial charge on any atom is 0.222 e. The summed E-state index contributed by atoms with van der Waals surface area (Å²) in [5.41, 5.74) is 8.24. The number of aryl methyl sites for hydroxylation is 1. The van der Waals surface area contributed by atoms with Gasteiger partial charge in [-0.25, -0.2) is 0 Å². The van der Waals surface area contributed by atoms with Gasteiger partial charge in [0.05, 0.1) is 12.2 Å². The normalized spacial score (nSPS) is 26.2. The molecule has 1 aliphatic rings. The summed E-state index contributed by atoms with van der Waals surface area (Å²) < 4.78 is 1.81. The highest BCUT2D eigenvalue weighted by atomic mass is 16.2. The van der Waals surface area contributed by atoms with E-state index in [0.29, 0.717) is 6.42 Å². The predicted octanol–water partition coefficient (Wildman–Crippen LogP) is 0.349. The molecule has 0 bridgehead atoms. The molecule has 0 aromatic carbocycles. The minimum absolute atomic E-state index is 0.00519. The molecule has 0 aliphatic carbocycles. The van der Waals surface area contributed by atoms with Crippen molar-refractivity contribution in [2.24, 2.45) is 12.8 Å². The number of nitrogens with two attached hydrogens (primary N) is 1. The van der Waals surface area contributed by atoms with Crippen molar-refractivity contribution in [1.29, 1.82) is 0 Å². The third-order valence-corrected chi connectivity index (χ3v) is 3.50. The van der Waals surface area contributed by atoms with E-state index in [1.807, 2.05) is 31.9 Å². The number of carbonyl (C=O) groups is 1. The second-order valence-electron chi connectivity index (χ2n) is 4.46. The zero-order valence-electron chi connectivity index (χ0n) is 9.97.